The first-order valence-corrected chi connectivity index (χ1v) is 20.9. The smallest absolute Gasteiger partial charge is 0.338 e. The van der Waals surface area contributed by atoms with Gasteiger partial charge >= 0.3 is 11.9 Å². The van der Waals surface area contributed by atoms with Crippen LogP contribution in [-0.4, -0.2) is 54.5 Å². The first kappa shape index (κ1) is 33.8. The first-order valence-electron chi connectivity index (χ1n) is 15.5. The lowest BCUT2D eigenvalue weighted by Crippen LogP contribution is -2.48. The lowest BCUT2D eigenvalue weighted by molar-refractivity contribution is -0.153. The molecule has 0 heterocycles. The zero-order valence-corrected chi connectivity index (χ0v) is 29.3. The molecule has 2 aliphatic carbocycles. The Morgan fingerprint density at radius 2 is 1.54 bits per heavy atom. The number of rotatable bonds is 11. The lowest BCUT2D eigenvalue weighted by Gasteiger charge is -2.43. The Kier molecular flexibility index (Phi) is 10.9. The SMILES string of the molecule is CC[Si](CC)(CC)O[C@@H]1[C@H](C)[C@@H](OC(=O)c2ccccc2)[C@H]2[C@H]1C=C(C)[C@H](CO[Si](C)(C)C(C)(C)C)[C@@H]2C(=O)OC. The molecule has 0 bridgehead atoms. The molecule has 0 aliphatic heterocycles. The van der Waals surface area contributed by atoms with Crippen LogP contribution >= 0.6 is 0 Å². The molecule has 0 unspecified atom stereocenters. The summed E-state index contributed by atoms with van der Waals surface area (Å²) in [6, 6.07) is 12.2. The van der Waals surface area contributed by atoms with Crippen molar-refractivity contribution in [3.63, 3.8) is 0 Å². The highest BCUT2D eigenvalue weighted by Crippen LogP contribution is 2.53. The van der Waals surface area contributed by atoms with E-state index >= 15 is 0 Å². The van der Waals surface area contributed by atoms with E-state index in [1.54, 1.807) is 12.1 Å². The van der Waals surface area contributed by atoms with E-state index in [1.807, 2.05) is 18.2 Å². The molecule has 8 heteroatoms. The second kappa shape index (κ2) is 13.3. The Morgan fingerprint density at radius 1 is 0.951 bits per heavy atom. The maximum atomic E-state index is 13.7. The van der Waals surface area contributed by atoms with Crippen molar-refractivity contribution in [3.05, 3.63) is 47.5 Å². The predicted molar refractivity (Wildman–Crippen MR) is 170 cm³/mol. The third-order valence-corrected chi connectivity index (χ3v) is 19.7. The van der Waals surface area contributed by atoms with Gasteiger partial charge < -0.3 is 18.3 Å². The molecule has 0 radical (unpaired) electrons. The van der Waals surface area contributed by atoms with E-state index in [-0.39, 0.29) is 46.8 Å². The summed E-state index contributed by atoms with van der Waals surface area (Å²) in [5.41, 5.74) is 1.64. The molecule has 1 aromatic rings. The van der Waals surface area contributed by atoms with E-state index in [0.717, 1.165) is 23.7 Å². The summed E-state index contributed by atoms with van der Waals surface area (Å²) in [6.45, 7) is 22.5. The number of fused-ring (bicyclic) bond motifs is 1. The molecular weight excluding hydrogens is 549 g/mol. The van der Waals surface area contributed by atoms with E-state index in [4.69, 9.17) is 18.3 Å². The van der Waals surface area contributed by atoms with Gasteiger partial charge in [-0.15, -0.1) is 0 Å². The Hall–Kier alpha value is -1.75. The topological polar surface area (TPSA) is 71.1 Å². The van der Waals surface area contributed by atoms with Gasteiger partial charge in [0.05, 0.1) is 24.7 Å². The lowest BCUT2D eigenvalue weighted by atomic mass is 9.68. The summed E-state index contributed by atoms with van der Waals surface area (Å²) in [5, 5.41) is 0.0472. The number of carbonyl (C=O) groups excluding carboxylic acids is 2. The second-order valence-electron chi connectivity index (χ2n) is 13.7. The standard InChI is InChI=1S/C33H54O6Si2/c1-12-41(13-2,14-3)39-29-23(5)30(38-31(34)24-18-16-15-17-19-24)27-25(29)20-22(4)26(28(27)32(35)36-9)21-37-40(10,11)33(6,7)8/h15-20,23,25-30H,12-14,21H2,1-11H3/t23-,25+,26-,27-,28-,29+,30+/m0/s1. The van der Waals surface area contributed by atoms with Crippen LogP contribution in [0.1, 0.15) is 65.7 Å². The predicted octanol–water partition coefficient (Wildman–Crippen LogP) is 7.87. The Balaban J connectivity index is 2.09. The molecule has 1 saturated carbocycles. The third kappa shape index (κ3) is 6.92. The molecular formula is C33H54O6Si2. The Labute approximate surface area is 250 Å². The zero-order valence-electron chi connectivity index (χ0n) is 27.3. The maximum absolute atomic E-state index is 13.7. The molecule has 230 valence electrons. The normalized spacial score (nSPS) is 28.6. The van der Waals surface area contributed by atoms with Crippen LogP contribution in [0.4, 0.5) is 0 Å². The molecule has 2 aliphatic rings. The second-order valence-corrected chi connectivity index (χ2v) is 23.2. The highest BCUT2D eigenvalue weighted by molar-refractivity contribution is 6.74. The molecule has 3 rings (SSSR count). The van der Waals surface area contributed by atoms with Gasteiger partial charge in [0.2, 0.25) is 0 Å². The van der Waals surface area contributed by atoms with Gasteiger partial charge in [-0.2, -0.15) is 0 Å². The van der Waals surface area contributed by atoms with Gasteiger partial charge in [0.25, 0.3) is 0 Å². The third-order valence-electron chi connectivity index (χ3n) is 10.6. The van der Waals surface area contributed by atoms with E-state index in [2.05, 4.69) is 74.6 Å². The summed E-state index contributed by atoms with van der Waals surface area (Å²) in [7, 11) is -2.61. The molecule has 0 saturated heterocycles. The van der Waals surface area contributed by atoms with Crippen molar-refractivity contribution in [2.75, 3.05) is 13.7 Å². The van der Waals surface area contributed by atoms with Crippen molar-refractivity contribution in [2.24, 2.45) is 29.6 Å². The zero-order chi connectivity index (χ0) is 30.8. The van der Waals surface area contributed by atoms with Crippen molar-refractivity contribution in [3.8, 4) is 0 Å². The number of carbonyl (C=O) groups is 2. The van der Waals surface area contributed by atoms with Gasteiger partial charge in [-0.1, -0.05) is 78.3 Å². The van der Waals surface area contributed by atoms with Gasteiger partial charge in [-0.3, -0.25) is 4.79 Å². The highest BCUT2D eigenvalue weighted by atomic mass is 28.4. The fraction of sp³-hybridized carbons (Fsp3) is 0.697. The fourth-order valence-electron chi connectivity index (χ4n) is 6.59. The molecule has 0 spiro atoms. The molecule has 1 fully saturated rings. The average Bonchev–Trinajstić information content (AvgIpc) is 3.18. The summed E-state index contributed by atoms with van der Waals surface area (Å²) >= 11 is 0. The van der Waals surface area contributed by atoms with Crippen LogP contribution in [0, 0.1) is 29.6 Å². The van der Waals surface area contributed by atoms with Crippen LogP contribution in [-0.2, 0) is 23.1 Å². The van der Waals surface area contributed by atoms with Gasteiger partial charge in [-0.25, -0.2) is 4.79 Å². The minimum Gasteiger partial charge on any atom is -0.469 e. The number of ether oxygens (including phenoxy) is 2. The van der Waals surface area contributed by atoms with Crippen molar-refractivity contribution >= 4 is 28.6 Å². The van der Waals surface area contributed by atoms with Gasteiger partial charge in [-0.05, 0) is 55.3 Å². The number of hydrogen-bond acceptors (Lipinski definition) is 6. The molecule has 1 aromatic carbocycles. The summed E-state index contributed by atoms with van der Waals surface area (Å²) < 4.78 is 25.7. The van der Waals surface area contributed by atoms with Crippen molar-refractivity contribution in [1.82, 2.24) is 0 Å². The quantitative estimate of drug-likeness (QED) is 0.146. The fourth-order valence-corrected chi connectivity index (χ4v) is 10.6. The molecule has 0 aromatic heterocycles. The van der Waals surface area contributed by atoms with Crippen LogP contribution in [0.15, 0.2) is 42.0 Å². The molecule has 0 amide bonds. The van der Waals surface area contributed by atoms with Gasteiger partial charge in [0.1, 0.15) is 6.10 Å². The minimum atomic E-state index is -2.07. The molecule has 6 nitrogen and oxygen atoms in total. The van der Waals surface area contributed by atoms with Crippen LogP contribution < -0.4 is 0 Å². The molecule has 7 atom stereocenters. The van der Waals surface area contributed by atoms with Crippen LogP contribution in [0.3, 0.4) is 0 Å². The average molecular weight is 603 g/mol. The van der Waals surface area contributed by atoms with Crippen molar-refractivity contribution < 1.29 is 27.9 Å². The Morgan fingerprint density at radius 3 is 2.05 bits per heavy atom. The molecule has 41 heavy (non-hydrogen) atoms. The van der Waals surface area contributed by atoms with Crippen molar-refractivity contribution in [2.45, 2.75) is 104 Å². The van der Waals surface area contributed by atoms with Crippen LogP contribution in [0.5, 0.6) is 0 Å². The van der Waals surface area contributed by atoms with Gasteiger partial charge in [0, 0.05) is 30.3 Å². The largest absolute Gasteiger partial charge is 0.469 e. The van der Waals surface area contributed by atoms with E-state index in [1.165, 1.54) is 7.11 Å². The number of methoxy groups -OCH3 is 1. The number of benzene rings is 1. The summed E-state index contributed by atoms with van der Waals surface area (Å²) in [6.07, 6.45) is 1.68. The number of hydrogen-bond donors (Lipinski definition) is 0. The number of esters is 2. The van der Waals surface area contributed by atoms with E-state index in [0.29, 0.717) is 12.2 Å². The first-order chi connectivity index (χ1) is 19.2. The van der Waals surface area contributed by atoms with Crippen molar-refractivity contribution in [1.29, 1.82) is 0 Å². The van der Waals surface area contributed by atoms with Gasteiger partial charge in [0.15, 0.2) is 16.6 Å². The van der Waals surface area contributed by atoms with Crippen LogP contribution in [0.25, 0.3) is 0 Å². The highest BCUT2D eigenvalue weighted by Gasteiger charge is 2.60. The summed E-state index contributed by atoms with van der Waals surface area (Å²) in [4.78, 5) is 27.1. The van der Waals surface area contributed by atoms with E-state index in [9.17, 15) is 9.59 Å². The van der Waals surface area contributed by atoms with E-state index < -0.39 is 28.7 Å². The monoisotopic (exact) mass is 602 g/mol. The maximum Gasteiger partial charge on any atom is 0.338 e. The minimum absolute atomic E-state index is 0.0472. The Bertz CT molecular complexity index is 1070. The molecule has 0 N–H and O–H groups in total. The van der Waals surface area contributed by atoms with Crippen LogP contribution in [0.2, 0.25) is 36.3 Å². The summed E-state index contributed by atoms with van der Waals surface area (Å²) in [5.74, 6) is -1.68.